The maximum atomic E-state index is 11.5. The van der Waals surface area contributed by atoms with Crippen LogP contribution in [0.3, 0.4) is 0 Å². The fraction of sp³-hybridized carbons (Fsp3) is 0.167. The number of benzene rings is 1. The van der Waals surface area contributed by atoms with E-state index in [2.05, 4.69) is 9.40 Å². The van der Waals surface area contributed by atoms with Crippen LogP contribution in [0.15, 0.2) is 35.3 Å². The minimum atomic E-state index is -0.607. The lowest BCUT2D eigenvalue weighted by Gasteiger charge is -2.04. The zero-order valence-corrected chi connectivity index (χ0v) is 10.0. The summed E-state index contributed by atoms with van der Waals surface area (Å²) in [4.78, 5) is 25.3. The Morgan fingerprint density at radius 1 is 1.53 bits per heavy atom. The van der Waals surface area contributed by atoms with Crippen LogP contribution in [0, 0.1) is 17.0 Å². The highest BCUT2D eigenvalue weighted by Crippen LogP contribution is 2.19. The van der Waals surface area contributed by atoms with E-state index in [1.54, 1.807) is 19.1 Å². The van der Waals surface area contributed by atoms with Crippen molar-refractivity contribution in [3.8, 4) is 0 Å². The number of hydrogen-bond donors (Lipinski definition) is 0. The number of ether oxygens (including phenoxy) is 1. The molecule has 0 atom stereocenters. The van der Waals surface area contributed by atoms with Gasteiger partial charge >= 0.3 is 5.97 Å². The molecule has 0 radical (unpaired) electrons. The predicted octanol–water partition coefficient (Wildman–Crippen LogP) is 2.25. The Hall–Kier alpha value is -2.70. The molecule has 1 heterocycles. The van der Waals surface area contributed by atoms with Crippen LogP contribution in [0.25, 0.3) is 0 Å². The number of oxazole rings is 1. The van der Waals surface area contributed by atoms with Crippen LogP contribution in [-0.4, -0.2) is 15.9 Å². The molecule has 2 rings (SSSR count). The molecule has 0 aliphatic rings. The van der Waals surface area contributed by atoms with Gasteiger partial charge in [-0.25, -0.2) is 9.78 Å². The Morgan fingerprint density at radius 2 is 2.32 bits per heavy atom. The fourth-order valence-corrected chi connectivity index (χ4v) is 1.55. The van der Waals surface area contributed by atoms with E-state index in [9.17, 15) is 14.9 Å². The largest absolute Gasteiger partial charge is 0.456 e. The lowest BCUT2D eigenvalue weighted by Crippen LogP contribution is -2.05. The molecular weight excluding hydrogens is 252 g/mol. The van der Waals surface area contributed by atoms with Gasteiger partial charge in [0.25, 0.3) is 5.69 Å². The molecule has 0 aliphatic heterocycles. The van der Waals surface area contributed by atoms with Crippen LogP contribution in [-0.2, 0) is 11.3 Å². The third kappa shape index (κ3) is 2.95. The van der Waals surface area contributed by atoms with Crippen LogP contribution < -0.4 is 0 Å². The first-order valence-corrected chi connectivity index (χ1v) is 5.37. The highest BCUT2D eigenvalue weighted by Gasteiger charge is 2.13. The summed E-state index contributed by atoms with van der Waals surface area (Å²) in [5.74, 6) is -0.607. The monoisotopic (exact) mass is 262 g/mol. The number of nitro benzene ring substituents is 1. The zero-order chi connectivity index (χ0) is 13.8. The second-order valence-electron chi connectivity index (χ2n) is 3.83. The number of esters is 1. The second-order valence-corrected chi connectivity index (χ2v) is 3.83. The molecule has 2 aromatic rings. The molecule has 7 nitrogen and oxygen atoms in total. The van der Waals surface area contributed by atoms with E-state index >= 15 is 0 Å². The molecule has 0 unspecified atom stereocenters. The van der Waals surface area contributed by atoms with Gasteiger partial charge in [0.2, 0.25) is 0 Å². The molecule has 0 spiro atoms. The first kappa shape index (κ1) is 12.7. The number of hydrogen-bond acceptors (Lipinski definition) is 6. The van der Waals surface area contributed by atoms with Crippen LogP contribution >= 0.6 is 0 Å². The van der Waals surface area contributed by atoms with Gasteiger partial charge in [-0.2, -0.15) is 0 Å². The molecule has 7 heteroatoms. The van der Waals surface area contributed by atoms with E-state index in [4.69, 9.17) is 4.74 Å². The van der Waals surface area contributed by atoms with E-state index < -0.39 is 10.9 Å². The highest BCUT2D eigenvalue weighted by atomic mass is 16.6. The number of nitro groups is 1. The van der Waals surface area contributed by atoms with Crippen LogP contribution in [0.2, 0.25) is 0 Å². The minimum absolute atomic E-state index is 0.0184. The Labute approximate surface area is 108 Å². The predicted molar refractivity (Wildman–Crippen MR) is 63.5 cm³/mol. The summed E-state index contributed by atoms with van der Waals surface area (Å²) in [6, 6.07) is 4.53. The van der Waals surface area contributed by atoms with Gasteiger partial charge < -0.3 is 9.15 Å². The lowest BCUT2D eigenvalue weighted by molar-refractivity contribution is -0.385. The summed E-state index contributed by atoms with van der Waals surface area (Å²) < 4.78 is 9.66. The van der Waals surface area contributed by atoms with Gasteiger partial charge in [0, 0.05) is 11.6 Å². The molecule has 0 amide bonds. The van der Waals surface area contributed by atoms with Crippen molar-refractivity contribution in [1.29, 1.82) is 0 Å². The summed E-state index contributed by atoms with van der Waals surface area (Å²) in [5.41, 5.74) is 1.30. The second kappa shape index (κ2) is 5.30. The van der Waals surface area contributed by atoms with E-state index in [0.717, 1.165) is 6.39 Å². The summed E-state index contributed by atoms with van der Waals surface area (Å²) in [7, 11) is 0. The number of carbonyl (C=O) groups is 1. The molecule has 0 N–H and O–H groups in total. The lowest BCUT2D eigenvalue weighted by atomic mass is 10.1. The van der Waals surface area contributed by atoms with Gasteiger partial charge in [0.1, 0.15) is 12.9 Å². The SMILES string of the molecule is Cc1cc(COC(=O)c2cocn2)ccc1[N+](=O)[O-]. The number of aromatic nitrogens is 1. The third-order valence-corrected chi connectivity index (χ3v) is 2.47. The molecule has 0 bridgehead atoms. The van der Waals surface area contributed by atoms with Crippen molar-refractivity contribution in [2.45, 2.75) is 13.5 Å². The van der Waals surface area contributed by atoms with E-state index in [-0.39, 0.29) is 18.0 Å². The van der Waals surface area contributed by atoms with Crippen molar-refractivity contribution in [2.75, 3.05) is 0 Å². The van der Waals surface area contributed by atoms with Crippen molar-refractivity contribution in [3.05, 3.63) is 57.8 Å². The van der Waals surface area contributed by atoms with Gasteiger partial charge in [0.05, 0.1) is 4.92 Å². The van der Waals surface area contributed by atoms with Crippen molar-refractivity contribution in [3.63, 3.8) is 0 Å². The van der Waals surface area contributed by atoms with Gasteiger partial charge in [-0.3, -0.25) is 10.1 Å². The minimum Gasteiger partial charge on any atom is -0.456 e. The molecule has 0 fully saturated rings. The average molecular weight is 262 g/mol. The van der Waals surface area contributed by atoms with Crippen LogP contribution in [0.1, 0.15) is 21.6 Å². The third-order valence-electron chi connectivity index (χ3n) is 2.47. The molecule has 98 valence electrons. The number of carbonyl (C=O) groups excluding carboxylic acids is 1. The quantitative estimate of drug-likeness (QED) is 0.476. The van der Waals surface area contributed by atoms with Crippen molar-refractivity contribution in [1.82, 2.24) is 4.98 Å². The summed E-state index contributed by atoms with van der Waals surface area (Å²) >= 11 is 0. The summed E-state index contributed by atoms with van der Waals surface area (Å²) in [6.07, 6.45) is 2.32. The van der Waals surface area contributed by atoms with Crippen LogP contribution in [0.4, 0.5) is 5.69 Å². The topological polar surface area (TPSA) is 95.5 Å². The molecule has 0 saturated carbocycles. The smallest absolute Gasteiger partial charge is 0.360 e. The maximum absolute atomic E-state index is 11.5. The Balaban J connectivity index is 2.02. The van der Waals surface area contributed by atoms with Crippen LogP contribution in [0.5, 0.6) is 0 Å². The Bertz CT molecular complexity index is 607. The highest BCUT2D eigenvalue weighted by molar-refractivity contribution is 5.86. The number of nitrogens with zero attached hydrogens (tertiary/aromatic N) is 2. The van der Waals surface area contributed by atoms with E-state index in [1.807, 2.05) is 0 Å². The van der Waals surface area contributed by atoms with Gasteiger partial charge in [-0.1, -0.05) is 0 Å². The first-order valence-electron chi connectivity index (χ1n) is 5.37. The molecular formula is C12H10N2O5. The molecule has 1 aromatic carbocycles. The normalized spacial score (nSPS) is 10.2. The standard InChI is InChI=1S/C12H10N2O5/c1-8-4-9(2-3-11(8)14(16)17)5-19-12(15)10-6-18-7-13-10/h2-4,6-7H,5H2,1H3. The van der Waals surface area contributed by atoms with Crippen molar-refractivity contribution in [2.24, 2.45) is 0 Å². The Kier molecular flexibility index (Phi) is 3.56. The number of aryl methyl sites for hydroxylation is 1. The van der Waals surface area contributed by atoms with Gasteiger partial charge in [-0.15, -0.1) is 0 Å². The summed E-state index contributed by atoms with van der Waals surface area (Å²) in [5, 5.41) is 10.7. The summed E-state index contributed by atoms with van der Waals surface area (Å²) in [6.45, 7) is 1.64. The van der Waals surface area contributed by atoms with Crippen molar-refractivity contribution >= 4 is 11.7 Å². The average Bonchev–Trinajstić information content (AvgIpc) is 2.89. The van der Waals surface area contributed by atoms with Crippen molar-refractivity contribution < 1.29 is 18.9 Å². The van der Waals surface area contributed by atoms with Gasteiger partial charge in [-0.05, 0) is 24.6 Å². The number of rotatable bonds is 4. The fourth-order valence-electron chi connectivity index (χ4n) is 1.55. The van der Waals surface area contributed by atoms with Gasteiger partial charge in [0.15, 0.2) is 12.1 Å². The van der Waals surface area contributed by atoms with E-state index in [0.29, 0.717) is 11.1 Å². The Morgan fingerprint density at radius 3 is 2.89 bits per heavy atom. The first-order chi connectivity index (χ1) is 9.08. The van der Waals surface area contributed by atoms with E-state index in [1.165, 1.54) is 12.3 Å². The zero-order valence-electron chi connectivity index (χ0n) is 10.0. The molecule has 0 aliphatic carbocycles. The maximum Gasteiger partial charge on any atom is 0.360 e. The molecule has 19 heavy (non-hydrogen) atoms. The molecule has 1 aromatic heterocycles. The molecule has 0 saturated heterocycles.